The Labute approximate surface area is 95.8 Å². The first-order valence-corrected chi connectivity index (χ1v) is 6.16. The Morgan fingerprint density at radius 2 is 2.00 bits per heavy atom. The number of hydrogen-bond acceptors (Lipinski definition) is 4. The quantitative estimate of drug-likeness (QED) is 0.809. The summed E-state index contributed by atoms with van der Waals surface area (Å²) in [5, 5.41) is 8.43. The first kappa shape index (κ1) is 10.0. The largest absolute Gasteiger partial charge is 0.352 e. The minimum Gasteiger partial charge on any atom is -0.352 e. The minimum absolute atomic E-state index is 0.472. The summed E-state index contributed by atoms with van der Waals surface area (Å²) in [5.41, 5.74) is 6.39. The molecule has 4 heteroatoms. The molecule has 16 heavy (non-hydrogen) atoms. The van der Waals surface area contributed by atoms with Gasteiger partial charge in [-0.3, -0.25) is 0 Å². The second-order valence-electron chi connectivity index (χ2n) is 4.91. The summed E-state index contributed by atoms with van der Waals surface area (Å²) in [6, 6.07) is 4.78. The summed E-state index contributed by atoms with van der Waals surface area (Å²) >= 11 is 0. The number of hydrogen-bond donors (Lipinski definition) is 1. The summed E-state index contributed by atoms with van der Waals surface area (Å²) in [7, 11) is 0. The van der Waals surface area contributed by atoms with Gasteiger partial charge in [-0.05, 0) is 43.7 Å². The lowest BCUT2D eigenvalue weighted by Gasteiger charge is -2.22. The highest BCUT2D eigenvalue weighted by Gasteiger charge is 2.34. The van der Waals surface area contributed by atoms with Crippen LogP contribution in [-0.2, 0) is 6.54 Å². The lowest BCUT2D eigenvalue weighted by molar-refractivity contribution is 0.698. The Balaban J connectivity index is 1.74. The molecule has 4 nitrogen and oxygen atoms in total. The SMILES string of the molecule is NCc1ccc(N(CC2CC2)C2CC2)nn1. The predicted molar refractivity (Wildman–Crippen MR) is 63.0 cm³/mol. The Bertz CT molecular complexity index is 354. The molecule has 0 atom stereocenters. The average molecular weight is 218 g/mol. The number of aromatic nitrogens is 2. The standard InChI is InChI=1S/C12H18N4/c13-7-10-3-6-12(15-14-10)16(11-4-5-11)8-9-1-2-9/h3,6,9,11H,1-2,4-5,7-8,13H2. The van der Waals surface area contributed by atoms with Crippen LogP contribution < -0.4 is 10.6 Å². The zero-order valence-electron chi connectivity index (χ0n) is 9.47. The summed E-state index contributed by atoms with van der Waals surface area (Å²) < 4.78 is 0. The van der Waals surface area contributed by atoms with Crippen molar-refractivity contribution >= 4 is 5.82 Å². The Kier molecular flexibility index (Phi) is 2.52. The van der Waals surface area contributed by atoms with Crippen molar-refractivity contribution in [2.45, 2.75) is 38.3 Å². The molecule has 1 aromatic rings. The molecular formula is C12H18N4. The van der Waals surface area contributed by atoms with Gasteiger partial charge in [0, 0.05) is 19.1 Å². The molecule has 0 aliphatic heterocycles. The van der Waals surface area contributed by atoms with E-state index in [2.05, 4.69) is 21.2 Å². The van der Waals surface area contributed by atoms with Gasteiger partial charge in [0.1, 0.15) is 0 Å². The van der Waals surface area contributed by atoms with E-state index in [4.69, 9.17) is 5.73 Å². The van der Waals surface area contributed by atoms with E-state index in [-0.39, 0.29) is 0 Å². The van der Waals surface area contributed by atoms with Gasteiger partial charge < -0.3 is 10.6 Å². The molecule has 2 aliphatic rings. The molecule has 1 aromatic heterocycles. The van der Waals surface area contributed by atoms with Crippen molar-refractivity contribution < 1.29 is 0 Å². The van der Waals surface area contributed by atoms with Crippen molar-refractivity contribution in [3.63, 3.8) is 0 Å². The first-order chi connectivity index (χ1) is 7.86. The van der Waals surface area contributed by atoms with Crippen LogP contribution >= 0.6 is 0 Å². The van der Waals surface area contributed by atoms with Crippen LogP contribution in [0.2, 0.25) is 0 Å². The summed E-state index contributed by atoms with van der Waals surface area (Å²) in [4.78, 5) is 2.44. The van der Waals surface area contributed by atoms with E-state index in [0.717, 1.165) is 23.5 Å². The van der Waals surface area contributed by atoms with Gasteiger partial charge in [0.2, 0.25) is 0 Å². The van der Waals surface area contributed by atoms with E-state index in [1.807, 2.05) is 6.07 Å². The van der Waals surface area contributed by atoms with Crippen molar-refractivity contribution in [3.8, 4) is 0 Å². The van der Waals surface area contributed by atoms with E-state index in [1.165, 1.54) is 32.2 Å². The van der Waals surface area contributed by atoms with Gasteiger partial charge in [0.15, 0.2) is 5.82 Å². The number of nitrogens with zero attached hydrogens (tertiary/aromatic N) is 3. The molecule has 0 saturated heterocycles. The molecule has 86 valence electrons. The molecule has 1 heterocycles. The molecule has 0 bridgehead atoms. The fraction of sp³-hybridized carbons (Fsp3) is 0.667. The van der Waals surface area contributed by atoms with Crippen LogP contribution in [0.25, 0.3) is 0 Å². The smallest absolute Gasteiger partial charge is 0.151 e. The molecule has 2 aliphatic carbocycles. The van der Waals surface area contributed by atoms with E-state index >= 15 is 0 Å². The van der Waals surface area contributed by atoms with E-state index in [9.17, 15) is 0 Å². The lowest BCUT2D eigenvalue weighted by atomic mass is 10.3. The van der Waals surface area contributed by atoms with Gasteiger partial charge in [0.25, 0.3) is 0 Å². The maximum atomic E-state index is 5.52. The summed E-state index contributed by atoms with van der Waals surface area (Å²) in [6.07, 6.45) is 5.40. The fourth-order valence-electron chi connectivity index (χ4n) is 2.01. The zero-order chi connectivity index (χ0) is 11.0. The van der Waals surface area contributed by atoms with Crippen molar-refractivity contribution in [3.05, 3.63) is 17.8 Å². The molecule has 0 spiro atoms. The van der Waals surface area contributed by atoms with E-state index in [0.29, 0.717) is 6.54 Å². The van der Waals surface area contributed by atoms with Crippen molar-refractivity contribution in [2.75, 3.05) is 11.4 Å². The van der Waals surface area contributed by atoms with Crippen LogP contribution in [0, 0.1) is 5.92 Å². The van der Waals surface area contributed by atoms with Gasteiger partial charge in [-0.1, -0.05) is 0 Å². The average Bonchev–Trinajstić information content (AvgIpc) is 3.16. The van der Waals surface area contributed by atoms with Gasteiger partial charge >= 0.3 is 0 Å². The highest BCUT2D eigenvalue weighted by molar-refractivity contribution is 5.41. The normalized spacial score (nSPS) is 19.8. The van der Waals surface area contributed by atoms with Gasteiger partial charge in [-0.15, -0.1) is 5.10 Å². The lowest BCUT2D eigenvalue weighted by Crippen LogP contribution is -2.29. The fourth-order valence-corrected chi connectivity index (χ4v) is 2.01. The van der Waals surface area contributed by atoms with Crippen LogP contribution in [0.5, 0.6) is 0 Å². The number of nitrogens with two attached hydrogens (primary N) is 1. The number of anilines is 1. The van der Waals surface area contributed by atoms with Crippen molar-refractivity contribution in [1.29, 1.82) is 0 Å². The Morgan fingerprint density at radius 3 is 2.50 bits per heavy atom. The second kappa shape index (κ2) is 4.01. The molecule has 2 N–H and O–H groups in total. The maximum absolute atomic E-state index is 5.52. The highest BCUT2D eigenvalue weighted by atomic mass is 15.3. The highest BCUT2D eigenvalue weighted by Crippen LogP contribution is 2.36. The van der Waals surface area contributed by atoms with Crippen LogP contribution in [0.15, 0.2) is 12.1 Å². The van der Waals surface area contributed by atoms with Gasteiger partial charge in [0.05, 0.1) is 5.69 Å². The van der Waals surface area contributed by atoms with Crippen molar-refractivity contribution in [1.82, 2.24) is 10.2 Å². The summed E-state index contributed by atoms with van der Waals surface area (Å²) in [5.74, 6) is 1.93. The van der Waals surface area contributed by atoms with Gasteiger partial charge in [-0.25, -0.2) is 0 Å². The van der Waals surface area contributed by atoms with Crippen LogP contribution in [-0.4, -0.2) is 22.8 Å². The third kappa shape index (κ3) is 2.16. The molecule has 0 unspecified atom stereocenters. The van der Waals surface area contributed by atoms with Gasteiger partial charge in [-0.2, -0.15) is 5.10 Å². The second-order valence-corrected chi connectivity index (χ2v) is 4.91. The zero-order valence-corrected chi connectivity index (χ0v) is 9.47. The van der Waals surface area contributed by atoms with E-state index in [1.54, 1.807) is 0 Å². The monoisotopic (exact) mass is 218 g/mol. The summed E-state index contributed by atoms with van der Waals surface area (Å²) in [6.45, 7) is 1.64. The van der Waals surface area contributed by atoms with E-state index < -0.39 is 0 Å². The molecule has 0 radical (unpaired) electrons. The Morgan fingerprint density at radius 1 is 1.19 bits per heavy atom. The molecular weight excluding hydrogens is 200 g/mol. The Hall–Kier alpha value is -1.16. The van der Waals surface area contributed by atoms with Crippen LogP contribution in [0.4, 0.5) is 5.82 Å². The molecule has 3 rings (SSSR count). The minimum atomic E-state index is 0.472. The third-order valence-electron chi connectivity index (χ3n) is 3.35. The molecule has 0 aromatic carbocycles. The maximum Gasteiger partial charge on any atom is 0.151 e. The molecule has 2 saturated carbocycles. The third-order valence-corrected chi connectivity index (χ3v) is 3.35. The first-order valence-electron chi connectivity index (χ1n) is 6.16. The number of rotatable bonds is 5. The predicted octanol–water partition coefficient (Wildman–Crippen LogP) is 1.31. The van der Waals surface area contributed by atoms with Crippen molar-refractivity contribution in [2.24, 2.45) is 11.7 Å². The van der Waals surface area contributed by atoms with Crippen LogP contribution in [0.3, 0.4) is 0 Å². The topological polar surface area (TPSA) is 55.0 Å². The van der Waals surface area contributed by atoms with Crippen LogP contribution in [0.1, 0.15) is 31.4 Å². The molecule has 0 amide bonds. The molecule has 2 fully saturated rings.